The Morgan fingerprint density at radius 2 is 1.79 bits per heavy atom. The number of nitrogens with two attached hydrogens (primary N) is 1. The Morgan fingerprint density at radius 1 is 1.06 bits per heavy atom. The van der Waals surface area contributed by atoms with Gasteiger partial charge in [0.1, 0.15) is 6.10 Å². The third kappa shape index (κ3) is 4.95. The molecule has 2 N–H and O–H groups in total. The Kier molecular flexibility index (Phi) is 6.27. The van der Waals surface area contributed by atoms with Gasteiger partial charge in [0.25, 0.3) is 5.91 Å². The van der Waals surface area contributed by atoms with E-state index in [-0.39, 0.29) is 12.0 Å². The van der Waals surface area contributed by atoms with Crippen molar-refractivity contribution in [3.63, 3.8) is 0 Å². The zero-order valence-electron chi connectivity index (χ0n) is 19.4. The van der Waals surface area contributed by atoms with Crippen LogP contribution >= 0.6 is 0 Å². The van der Waals surface area contributed by atoms with Gasteiger partial charge in [-0.15, -0.1) is 0 Å². The predicted molar refractivity (Wildman–Crippen MR) is 132 cm³/mol. The predicted octanol–water partition coefficient (Wildman–Crippen LogP) is 5.56. The molecule has 0 saturated carbocycles. The Bertz CT molecular complexity index is 1250. The van der Waals surface area contributed by atoms with Crippen molar-refractivity contribution >= 4 is 17.4 Å². The standard InChI is InChI=1S/C27H28N4O2/c1-17-7-5-6-8-24(17)20(4)33-25-13-23(14-29-26(25)28)21-9-11-22(12-10-21)27(32)31-15-18(2)30-19(3)16-31/h5-15,20H,16H2,1-4H3,(H2,28,29). The van der Waals surface area contributed by atoms with Crippen LogP contribution in [0.15, 0.2) is 77.7 Å². The Balaban J connectivity index is 1.53. The quantitative estimate of drug-likeness (QED) is 0.563. The fourth-order valence-corrected chi connectivity index (χ4v) is 3.99. The second kappa shape index (κ2) is 9.28. The van der Waals surface area contributed by atoms with Gasteiger partial charge in [-0.2, -0.15) is 0 Å². The zero-order valence-corrected chi connectivity index (χ0v) is 19.4. The van der Waals surface area contributed by atoms with Crippen LogP contribution in [0, 0.1) is 6.92 Å². The first-order chi connectivity index (χ1) is 15.8. The Morgan fingerprint density at radius 3 is 2.48 bits per heavy atom. The number of aromatic nitrogens is 1. The topological polar surface area (TPSA) is 80.8 Å². The number of anilines is 1. The average Bonchev–Trinajstić information content (AvgIpc) is 2.80. The number of allylic oxidation sites excluding steroid dienone is 1. The molecule has 4 rings (SSSR count). The number of aliphatic imine (C=N–C) groups is 1. The molecule has 1 unspecified atom stereocenters. The Hall–Kier alpha value is -3.93. The van der Waals surface area contributed by atoms with Crippen LogP contribution < -0.4 is 10.5 Å². The lowest BCUT2D eigenvalue weighted by atomic mass is 10.0. The molecule has 168 valence electrons. The molecular weight excluding hydrogens is 412 g/mol. The molecule has 1 atom stereocenters. The summed E-state index contributed by atoms with van der Waals surface area (Å²) in [6.45, 7) is 8.37. The number of rotatable bonds is 5. The smallest absolute Gasteiger partial charge is 0.258 e. The van der Waals surface area contributed by atoms with Gasteiger partial charge in [0.15, 0.2) is 11.6 Å². The van der Waals surface area contributed by atoms with Gasteiger partial charge < -0.3 is 15.4 Å². The van der Waals surface area contributed by atoms with E-state index in [9.17, 15) is 4.79 Å². The molecule has 0 saturated heterocycles. The molecule has 0 fully saturated rings. The second-order valence-electron chi connectivity index (χ2n) is 8.35. The first kappa shape index (κ1) is 22.3. The molecule has 1 amide bonds. The highest BCUT2D eigenvalue weighted by Crippen LogP contribution is 2.31. The van der Waals surface area contributed by atoms with E-state index >= 15 is 0 Å². The van der Waals surface area contributed by atoms with Gasteiger partial charge in [-0.05, 0) is 62.6 Å². The number of carbonyl (C=O) groups excluding carboxylic acids is 1. The molecule has 33 heavy (non-hydrogen) atoms. The van der Waals surface area contributed by atoms with Gasteiger partial charge in [0, 0.05) is 29.2 Å². The number of ether oxygens (including phenoxy) is 1. The van der Waals surface area contributed by atoms with Gasteiger partial charge in [0.2, 0.25) is 0 Å². The van der Waals surface area contributed by atoms with Crippen LogP contribution in [0.2, 0.25) is 0 Å². The van der Waals surface area contributed by atoms with Crippen LogP contribution in [0.4, 0.5) is 5.82 Å². The fraction of sp³-hybridized carbons (Fsp3) is 0.222. The summed E-state index contributed by atoms with van der Waals surface area (Å²) in [5.74, 6) is 0.823. The average molecular weight is 441 g/mol. The summed E-state index contributed by atoms with van der Waals surface area (Å²) in [6.07, 6.45) is 3.33. The highest BCUT2D eigenvalue weighted by atomic mass is 16.5. The number of carbonyl (C=O) groups is 1. The van der Waals surface area contributed by atoms with E-state index < -0.39 is 0 Å². The van der Waals surface area contributed by atoms with E-state index in [4.69, 9.17) is 10.5 Å². The van der Waals surface area contributed by atoms with Crippen molar-refractivity contribution in [2.45, 2.75) is 33.8 Å². The van der Waals surface area contributed by atoms with Gasteiger partial charge in [-0.3, -0.25) is 9.79 Å². The molecule has 6 nitrogen and oxygen atoms in total. The summed E-state index contributed by atoms with van der Waals surface area (Å²) in [5, 5.41) is 0. The van der Waals surface area contributed by atoms with Crippen molar-refractivity contribution in [3.05, 3.63) is 89.4 Å². The fourth-order valence-electron chi connectivity index (χ4n) is 3.99. The van der Waals surface area contributed by atoms with E-state index in [2.05, 4.69) is 29.0 Å². The third-order valence-electron chi connectivity index (χ3n) is 5.65. The van der Waals surface area contributed by atoms with Crippen molar-refractivity contribution in [2.75, 3.05) is 12.3 Å². The summed E-state index contributed by atoms with van der Waals surface area (Å²) in [7, 11) is 0. The molecule has 0 radical (unpaired) electrons. The summed E-state index contributed by atoms with van der Waals surface area (Å²) in [4.78, 5) is 23.3. The van der Waals surface area contributed by atoms with Crippen LogP contribution in [0.1, 0.15) is 48.4 Å². The molecule has 0 spiro atoms. The van der Waals surface area contributed by atoms with Crippen molar-refractivity contribution in [3.8, 4) is 16.9 Å². The number of amides is 1. The number of hydrogen-bond acceptors (Lipinski definition) is 5. The molecule has 0 aliphatic carbocycles. The largest absolute Gasteiger partial charge is 0.482 e. The zero-order chi connectivity index (χ0) is 23.5. The number of pyridine rings is 1. The lowest BCUT2D eigenvalue weighted by molar-refractivity contribution is 0.0836. The lowest BCUT2D eigenvalue weighted by Crippen LogP contribution is -2.32. The highest BCUT2D eigenvalue weighted by molar-refractivity contribution is 5.99. The van der Waals surface area contributed by atoms with Gasteiger partial charge in [-0.1, -0.05) is 36.4 Å². The van der Waals surface area contributed by atoms with Crippen LogP contribution in [-0.4, -0.2) is 28.0 Å². The molecule has 3 aromatic rings. The first-order valence-electron chi connectivity index (χ1n) is 10.9. The number of nitrogens with zero attached hydrogens (tertiary/aromatic N) is 3. The molecule has 1 aliphatic heterocycles. The lowest BCUT2D eigenvalue weighted by Gasteiger charge is -2.22. The molecule has 2 heterocycles. The van der Waals surface area contributed by atoms with E-state index in [1.807, 2.05) is 63.2 Å². The number of nitrogen functional groups attached to an aromatic ring is 1. The number of aryl methyl sites for hydroxylation is 1. The molecule has 1 aliphatic rings. The minimum Gasteiger partial charge on any atom is -0.482 e. The molecule has 0 bridgehead atoms. The van der Waals surface area contributed by atoms with Crippen molar-refractivity contribution in [2.24, 2.45) is 4.99 Å². The van der Waals surface area contributed by atoms with Gasteiger partial charge in [-0.25, -0.2) is 4.98 Å². The first-order valence-corrected chi connectivity index (χ1v) is 10.9. The summed E-state index contributed by atoms with van der Waals surface area (Å²) < 4.78 is 6.17. The van der Waals surface area contributed by atoms with Crippen molar-refractivity contribution in [1.29, 1.82) is 0 Å². The summed E-state index contributed by atoms with van der Waals surface area (Å²) >= 11 is 0. The Labute approximate surface area is 194 Å². The third-order valence-corrected chi connectivity index (χ3v) is 5.65. The molecule has 1 aromatic heterocycles. The normalized spacial score (nSPS) is 14.4. The molecular formula is C27H28N4O2. The van der Waals surface area contributed by atoms with Crippen LogP contribution in [-0.2, 0) is 0 Å². The SMILES string of the molecule is CC1=CN(C(=O)c2ccc(-c3cnc(N)c(OC(C)c4ccccc4C)c3)cc2)CC(C)=N1. The monoisotopic (exact) mass is 440 g/mol. The minimum atomic E-state index is -0.168. The molecule has 2 aromatic carbocycles. The van der Waals surface area contributed by atoms with Crippen molar-refractivity contribution < 1.29 is 9.53 Å². The second-order valence-corrected chi connectivity index (χ2v) is 8.35. The summed E-state index contributed by atoms with van der Waals surface area (Å²) in [6, 6.07) is 17.5. The van der Waals surface area contributed by atoms with Crippen molar-refractivity contribution in [1.82, 2.24) is 9.88 Å². The minimum absolute atomic E-state index is 0.0540. The number of hydrogen-bond donors (Lipinski definition) is 1. The highest BCUT2D eigenvalue weighted by Gasteiger charge is 2.18. The van der Waals surface area contributed by atoms with Crippen LogP contribution in [0.5, 0.6) is 5.75 Å². The van der Waals surface area contributed by atoms with Crippen LogP contribution in [0.25, 0.3) is 11.1 Å². The van der Waals surface area contributed by atoms with Crippen LogP contribution in [0.3, 0.4) is 0 Å². The maximum atomic E-state index is 12.9. The van der Waals surface area contributed by atoms with E-state index in [1.54, 1.807) is 17.3 Å². The van der Waals surface area contributed by atoms with Gasteiger partial charge >= 0.3 is 0 Å². The maximum absolute atomic E-state index is 12.9. The maximum Gasteiger partial charge on any atom is 0.258 e. The number of benzene rings is 2. The summed E-state index contributed by atoms with van der Waals surface area (Å²) in [5.41, 5.74) is 12.5. The van der Waals surface area contributed by atoms with E-state index in [0.717, 1.165) is 33.7 Å². The van der Waals surface area contributed by atoms with E-state index in [0.29, 0.717) is 23.7 Å². The molecule has 6 heteroatoms. The van der Waals surface area contributed by atoms with E-state index in [1.165, 1.54) is 0 Å². The van der Waals surface area contributed by atoms with Gasteiger partial charge in [0.05, 0.1) is 12.2 Å².